The molecule has 1 heterocycles. The quantitative estimate of drug-likeness (QED) is 0.571. The average Bonchev–Trinajstić information content (AvgIpc) is 3.19. The largest absolute Gasteiger partial charge is 0.466 e. The molecule has 0 N–H and O–H groups in total. The van der Waals surface area contributed by atoms with Gasteiger partial charge < -0.3 is 14.4 Å². The maximum atomic E-state index is 13.3. The fourth-order valence-electron chi connectivity index (χ4n) is 4.84. The van der Waals surface area contributed by atoms with Crippen molar-refractivity contribution in [3.63, 3.8) is 0 Å². The zero-order valence-electron chi connectivity index (χ0n) is 15.2. The lowest BCUT2D eigenvalue weighted by Gasteiger charge is -2.43. The predicted molar refractivity (Wildman–Crippen MR) is 90.7 cm³/mol. The van der Waals surface area contributed by atoms with E-state index >= 15 is 0 Å². The van der Waals surface area contributed by atoms with Crippen molar-refractivity contribution in [1.29, 1.82) is 0 Å². The monoisotopic (exact) mass is 349 g/mol. The second kappa shape index (κ2) is 6.90. The molecule has 6 heteroatoms. The van der Waals surface area contributed by atoms with Crippen LogP contribution in [-0.2, 0) is 23.9 Å². The van der Waals surface area contributed by atoms with Gasteiger partial charge in [-0.05, 0) is 31.1 Å². The van der Waals surface area contributed by atoms with Gasteiger partial charge in [0.25, 0.3) is 0 Å². The summed E-state index contributed by atoms with van der Waals surface area (Å²) in [5.41, 5.74) is 0.271. The lowest BCUT2D eigenvalue weighted by atomic mass is 9.61. The Balaban J connectivity index is 1.91. The number of rotatable bonds is 4. The Bertz CT molecular complexity index is 613. The van der Waals surface area contributed by atoms with E-state index < -0.39 is 11.9 Å². The summed E-state index contributed by atoms with van der Waals surface area (Å²) < 4.78 is 10.2. The summed E-state index contributed by atoms with van der Waals surface area (Å²) in [6.07, 6.45) is 5.49. The van der Waals surface area contributed by atoms with E-state index in [-0.39, 0.29) is 29.1 Å². The molecular weight excluding hydrogens is 322 g/mol. The van der Waals surface area contributed by atoms with Gasteiger partial charge >= 0.3 is 5.97 Å². The molecule has 6 nitrogen and oxygen atoms in total. The van der Waals surface area contributed by atoms with Crippen molar-refractivity contribution in [1.82, 2.24) is 4.90 Å². The van der Waals surface area contributed by atoms with E-state index in [9.17, 15) is 14.4 Å². The van der Waals surface area contributed by atoms with Crippen LogP contribution >= 0.6 is 0 Å². The fraction of sp³-hybridized carbons (Fsp3) is 0.737. The minimum atomic E-state index is -0.774. The highest BCUT2D eigenvalue weighted by Gasteiger charge is 2.55. The third-order valence-corrected chi connectivity index (χ3v) is 6.20. The molecule has 0 bridgehead atoms. The second-order valence-corrected chi connectivity index (χ2v) is 7.71. The van der Waals surface area contributed by atoms with Crippen LogP contribution in [0, 0.1) is 17.3 Å². The summed E-state index contributed by atoms with van der Waals surface area (Å²) in [6.45, 7) is 3.21. The van der Waals surface area contributed by atoms with Crippen LogP contribution in [-0.4, -0.2) is 56.0 Å². The number of nitrogens with zero attached hydrogens (tertiary/aromatic N) is 1. The van der Waals surface area contributed by atoms with Gasteiger partial charge in [0.1, 0.15) is 11.7 Å². The molecule has 3 rings (SSSR count). The summed E-state index contributed by atoms with van der Waals surface area (Å²) in [6, 6.07) is 0.0189. The summed E-state index contributed by atoms with van der Waals surface area (Å²) >= 11 is 0. The average molecular weight is 349 g/mol. The molecule has 0 spiro atoms. The topological polar surface area (TPSA) is 72.9 Å². The zero-order chi connectivity index (χ0) is 18.2. The number of hydrogen-bond donors (Lipinski definition) is 0. The maximum absolute atomic E-state index is 13.3. The van der Waals surface area contributed by atoms with Crippen molar-refractivity contribution in [2.24, 2.45) is 17.3 Å². The van der Waals surface area contributed by atoms with E-state index in [1.54, 1.807) is 12.0 Å². The lowest BCUT2D eigenvalue weighted by Crippen LogP contribution is -2.51. The van der Waals surface area contributed by atoms with Crippen LogP contribution in [0.3, 0.4) is 0 Å². The fourth-order valence-corrected chi connectivity index (χ4v) is 4.84. The number of carbonyl (C=O) groups excluding carboxylic acids is 3. The van der Waals surface area contributed by atoms with Crippen LogP contribution in [0.2, 0.25) is 0 Å². The van der Waals surface area contributed by atoms with E-state index in [0.29, 0.717) is 38.0 Å². The Morgan fingerprint density at radius 3 is 2.80 bits per heavy atom. The lowest BCUT2D eigenvalue weighted by molar-refractivity contribution is -0.150. The van der Waals surface area contributed by atoms with Gasteiger partial charge in [0.15, 0.2) is 0 Å². The SMILES string of the molecule is COC[C@@H]1CCCN1C(=O)[C@H]1C(=O)CC[C@]2(C)CC=C(C(=O)OC)[C@H]12. The van der Waals surface area contributed by atoms with Gasteiger partial charge in [0, 0.05) is 31.6 Å². The van der Waals surface area contributed by atoms with Crippen LogP contribution in [0.5, 0.6) is 0 Å². The number of hydrogen-bond acceptors (Lipinski definition) is 5. The van der Waals surface area contributed by atoms with Crippen LogP contribution in [0.4, 0.5) is 0 Å². The highest BCUT2D eigenvalue weighted by molar-refractivity contribution is 6.05. The molecule has 138 valence electrons. The van der Waals surface area contributed by atoms with Gasteiger partial charge in [-0.1, -0.05) is 13.0 Å². The molecular formula is C19H27NO5. The van der Waals surface area contributed by atoms with Gasteiger partial charge in [-0.3, -0.25) is 9.59 Å². The third-order valence-electron chi connectivity index (χ3n) is 6.20. The number of esters is 1. The molecule has 0 aromatic carbocycles. The highest BCUT2D eigenvalue weighted by Crippen LogP contribution is 2.54. The van der Waals surface area contributed by atoms with Gasteiger partial charge in [0.05, 0.1) is 19.8 Å². The molecule has 2 fully saturated rings. The number of likely N-dealkylation sites (tertiary alicyclic amines) is 1. The van der Waals surface area contributed by atoms with Crippen LogP contribution in [0.15, 0.2) is 11.6 Å². The number of ketones is 1. The van der Waals surface area contributed by atoms with Crippen LogP contribution in [0.1, 0.15) is 39.0 Å². The van der Waals surface area contributed by atoms with Crippen molar-refractivity contribution in [3.05, 3.63) is 11.6 Å². The molecule has 0 aromatic rings. The molecule has 0 unspecified atom stereocenters. The van der Waals surface area contributed by atoms with Crippen LogP contribution < -0.4 is 0 Å². The number of methoxy groups -OCH3 is 2. The minimum Gasteiger partial charge on any atom is -0.466 e. The standard InChI is InChI=1S/C19H27NO5/c1-19-8-6-13(18(23)25-3)16(19)15(14(21)7-9-19)17(22)20-10-4-5-12(20)11-24-2/h6,12,15-16H,4-5,7-11H2,1-3H3/t12-,15-,16+,19-/m0/s1. The smallest absolute Gasteiger partial charge is 0.333 e. The van der Waals surface area contributed by atoms with Crippen molar-refractivity contribution in [3.8, 4) is 0 Å². The molecule has 1 saturated heterocycles. The van der Waals surface area contributed by atoms with Gasteiger partial charge in [0.2, 0.25) is 5.91 Å². The van der Waals surface area contributed by atoms with E-state index in [1.807, 2.05) is 6.08 Å². The molecule has 4 atom stereocenters. The zero-order valence-corrected chi connectivity index (χ0v) is 15.2. The molecule has 1 aliphatic heterocycles. The Labute approximate surface area is 148 Å². The Morgan fingerprint density at radius 1 is 1.36 bits per heavy atom. The number of fused-ring (bicyclic) bond motifs is 1. The number of amides is 1. The number of Topliss-reactive ketones (excluding diaryl/α,β-unsaturated/α-hetero) is 1. The molecule has 3 aliphatic rings. The van der Waals surface area contributed by atoms with E-state index in [2.05, 4.69) is 6.92 Å². The third kappa shape index (κ3) is 3.01. The summed E-state index contributed by atoms with van der Waals surface area (Å²) in [5, 5.41) is 0. The number of carbonyl (C=O) groups is 3. The Hall–Kier alpha value is -1.69. The molecule has 1 saturated carbocycles. The number of allylic oxidation sites excluding steroid dienone is 1. The highest BCUT2D eigenvalue weighted by atomic mass is 16.5. The summed E-state index contributed by atoms with van der Waals surface area (Å²) in [7, 11) is 2.97. The first-order valence-corrected chi connectivity index (χ1v) is 9.03. The second-order valence-electron chi connectivity index (χ2n) is 7.71. The molecule has 2 aliphatic carbocycles. The molecule has 25 heavy (non-hydrogen) atoms. The normalized spacial score (nSPS) is 34.7. The Kier molecular flexibility index (Phi) is 5.00. The maximum Gasteiger partial charge on any atom is 0.333 e. The van der Waals surface area contributed by atoms with Gasteiger partial charge in [-0.2, -0.15) is 0 Å². The van der Waals surface area contributed by atoms with Crippen molar-refractivity contribution >= 4 is 17.7 Å². The van der Waals surface area contributed by atoms with Gasteiger partial charge in [-0.25, -0.2) is 4.79 Å². The Morgan fingerprint density at radius 2 is 2.12 bits per heavy atom. The first-order chi connectivity index (χ1) is 11.9. The van der Waals surface area contributed by atoms with Crippen molar-refractivity contribution < 1.29 is 23.9 Å². The first kappa shape index (κ1) is 18.1. The molecule has 0 radical (unpaired) electrons. The van der Waals surface area contributed by atoms with E-state index in [1.165, 1.54) is 7.11 Å². The van der Waals surface area contributed by atoms with E-state index in [4.69, 9.17) is 9.47 Å². The van der Waals surface area contributed by atoms with E-state index in [0.717, 1.165) is 12.8 Å². The minimum absolute atomic E-state index is 0.0189. The number of ether oxygens (including phenoxy) is 2. The molecule has 0 aromatic heterocycles. The molecule has 1 amide bonds. The first-order valence-electron chi connectivity index (χ1n) is 9.03. The van der Waals surface area contributed by atoms with Gasteiger partial charge in [-0.15, -0.1) is 0 Å². The summed E-state index contributed by atoms with van der Waals surface area (Å²) in [4.78, 5) is 40.1. The van der Waals surface area contributed by atoms with Crippen molar-refractivity contribution in [2.75, 3.05) is 27.4 Å². The van der Waals surface area contributed by atoms with Crippen LogP contribution in [0.25, 0.3) is 0 Å². The predicted octanol–water partition coefficient (Wildman–Crippen LogP) is 1.73. The summed E-state index contributed by atoms with van der Waals surface area (Å²) in [5.74, 6) is -1.76. The van der Waals surface area contributed by atoms with Crippen molar-refractivity contribution in [2.45, 2.75) is 45.1 Å².